The van der Waals surface area contributed by atoms with Crippen molar-refractivity contribution >= 4 is 0 Å². The number of hydrogen-bond acceptors (Lipinski definition) is 4. The molecule has 7 heteroatoms. The summed E-state index contributed by atoms with van der Waals surface area (Å²) in [6.45, 7) is -0.251. The van der Waals surface area contributed by atoms with E-state index >= 15 is 0 Å². The van der Waals surface area contributed by atoms with Crippen molar-refractivity contribution in [3.8, 4) is 22.8 Å². The maximum absolute atomic E-state index is 12.1. The molecule has 0 unspecified atom stereocenters. The summed E-state index contributed by atoms with van der Waals surface area (Å²) in [5, 5.41) is 9.23. The molecule has 0 bridgehead atoms. The number of halogens is 3. The van der Waals surface area contributed by atoms with Crippen molar-refractivity contribution in [2.45, 2.75) is 13.0 Å². The van der Waals surface area contributed by atoms with E-state index in [1.807, 2.05) is 0 Å². The van der Waals surface area contributed by atoms with Gasteiger partial charge in [0.2, 0.25) is 5.88 Å². The fraction of sp³-hybridized carbons (Fsp3) is 0.214. The van der Waals surface area contributed by atoms with Crippen LogP contribution < -0.4 is 9.47 Å². The average Bonchev–Trinajstić information content (AvgIpc) is 2.45. The van der Waals surface area contributed by atoms with Gasteiger partial charge in [-0.3, -0.25) is 0 Å². The van der Waals surface area contributed by atoms with Crippen molar-refractivity contribution in [3.05, 3.63) is 42.1 Å². The Labute approximate surface area is 118 Å². The number of pyridine rings is 1. The first-order valence-corrected chi connectivity index (χ1v) is 5.93. The normalized spacial score (nSPS) is 11.3. The van der Waals surface area contributed by atoms with Gasteiger partial charge in [0.25, 0.3) is 0 Å². The number of ether oxygens (including phenoxy) is 2. The summed E-state index contributed by atoms with van der Waals surface area (Å²) in [4.78, 5) is 4.03. The van der Waals surface area contributed by atoms with E-state index in [0.717, 1.165) is 0 Å². The lowest BCUT2D eigenvalue weighted by molar-refractivity contribution is -0.274. The average molecular weight is 299 g/mol. The number of rotatable bonds is 4. The smallest absolute Gasteiger partial charge is 0.481 e. The Balaban J connectivity index is 2.26. The first kappa shape index (κ1) is 15.1. The van der Waals surface area contributed by atoms with E-state index < -0.39 is 6.36 Å². The molecule has 112 valence electrons. The van der Waals surface area contributed by atoms with Crippen LogP contribution >= 0.6 is 0 Å². The Kier molecular flexibility index (Phi) is 4.32. The summed E-state index contributed by atoms with van der Waals surface area (Å²) in [5.41, 5.74) is 1.79. The van der Waals surface area contributed by atoms with Gasteiger partial charge in [-0.25, -0.2) is 4.98 Å². The molecule has 0 spiro atoms. The Bertz CT molecular complexity index is 612. The van der Waals surface area contributed by atoms with Gasteiger partial charge in [0.05, 0.1) is 13.7 Å². The highest BCUT2D eigenvalue weighted by atomic mass is 19.4. The second-order valence-electron chi connectivity index (χ2n) is 4.12. The van der Waals surface area contributed by atoms with Crippen molar-refractivity contribution < 1.29 is 27.8 Å². The lowest BCUT2D eigenvalue weighted by atomic mass is 10.1. The lowest BCUT2D eigenvalue weighted by Crippen LogP contribution is -2.16. The zero-order chi connectivity index (χ0) is 15.5. The summed E-state index contributed by atoms with van der Waals surface area (Å²) in [6.07, 6.45) is -3.20. The Hall–Kier alpha value is -2.28. The molecular formula is C14H12F3NO3. The molecule has 1 N–H and O–H groups in total. The van der Waals surface area contributed by atoms with E-state index in [1.54, 1.807) is 6.07 Å². The molecule has 21 heavy (non-hydrogen) atoms. The third-order valence-corrected chi connectivity index (χ3v) is 2.71. The van der Waals surface area contributed by atoms with Crippen LogP contribution in [0, 0.1) is 0 Å². The molecule has 0 radical (unpaired) electrons. The maximum atomic E-state index is 12.1. The molecule has 1 heterocycles. The highest BCUT2D eigenvalue weighted by molar-refractivity contribution is 5.64. The van der Waals surface area contributed by atoms with Crippen LogP contribution in [-0.4, -0.2) is 23.6 Å². The first-order chi connectivity index (χ1) is 9.93. The van der Waals surface area contributed by atoms with Gasteiger partial charge < -0.3 is 14.6 Å². The standard InChI is InChI=1S/C14H12F3NO3/c1-20-13-11(8-19)6-10(7-18-13)9-2-4-12(5-3-9)21-14(15,16)17/h2-7,19H,8H2,1H3. The van der Waals surface area contributed by atoms with E-state index in [9.17, 15) is 18.3 Å². The molecule has 0 aliphatic heterocycles. The van der Waals surface area contributed by atoms with E-state index in [-0.39, 0.29) is 12.4 Å². The lowest BCUT2D eigenvalue weighted by Gasteiger charge is -2.10. The summed E-state index contributed by atoms with van der Waals surface area (Å²) in [7, 11) is 1.43. The monoisotopic (exact) mass is 299 g/mol. The maximum Gasteiger partial charge on any atom is 0.573 e. The van der Waals surface area contributed by atoms with Crippen LogP contribution in [0.1, 0.15) is 5.56 Å². The summed E-state index contributed by atoms with van der Waals surface area (Å²) >= 11 is 0. The molecule has 1 aromatic heterocycles. The van der Waals surface area contributed by atoms with Crippen molar-refractivity contribution in [3.63, 3.8) is 0 Å². The molecule has 0 aliphatic rings. The molecule has 0 amide bonds. The number of aromatic nitrogens is 1. The minimum atomic E-state index is -4.72. The highest BCUT2D eigenvalue weighted by Crippen LogP contribution is 2.28. The first-order valence-electron chi connectivity index (χ1n) is 5.93. The molecule has 1 aromatic carbocycles. The topological polar surface area (TPSA) is 51.6 Å². The molecule has 0 atom stereocenters. The minimum Gasteiger partial charge on any atom is -0.481 e. The number of aliphatic hydroxyl groups is 1. The van der Waals surface area contributed by atoms with Crippen LogP contribution in [0.2, 0.25) is 0 Å². The SMILES string of the molecule is COc1ncc(-c2ccc(OC(F)(F)F)cc2)cc1CO. The van der Waals surface area contributed by atoms with Crippen molar-refractivity contribution in [1.82, 2.24) is 4.98 Å². The Morgan fingerprint density at radius 2 is 1.81 bits per heavy atom. The largest absolute Gasteiger partial charge is 0.573 e. The van der Waals surface area contributed by atoms with E-state index in [1.165, 1.54) is 37.6 Å². The van der Waals surface area contributed by atoms with Gasteiger partial charge in [0.1, 0.15) is 5.75 Å². The highest BCUT2D eigenvalue weighted by Gasteiger charge is 2.30. The van der Waals surface area contributed by atoms with Crippen LogP contribution in [0.25, 0.3) is 11.1 Å². The van der Waals surface area contributed by atoms with Gasteiger partial charge in [-0.15, -0.1) is 13.2 Å². The van der Waals surface area contributed by atoms with Crippen LogP contribution in [0.5, 0.6) is 11.6 Å². The van der Waals surface area contributed by atoms with Crippen LogP contribution in [0.4, 0.5) is 13.2 Å². The van der Waals surface area contributed by atoms with Crippen LogP contribution in [0.3, 0.4) is 0 Å². The summed E-state index contributed by atoms with van der Waals surface area (Å²) in [5.74, 6) is 0.00776. The molecule has 0 fully saturated rings. The third-order valence-electron chi connectivity index (χ3n) is 2.71. The second kappa shape index (κ2) is 6.01. The number of hydrogen-bond donors (Lipinski definition) is 1. The fourth-order valence-corrected chi connectivity index (χ4v) is 1.80. The van der Waals surface area contributed by atoms with E-state index in [4.69, 9.17) is 4.74 Å². The van der Waals surface area contributed by atoms with Gasteiger partial charge in [0.15, 0.2) is 0 Å². The van der Waals surface area contributed by atoms with Gasteiger partial charge in [0, 0.05) is 17.3 Å². The molecular weight excluding hydrogens is 287 g/mol. The van der Waals surface area contributed by atoms with E-state index in [0.29, 0.717) is 22.6 Å². The van der Waals surface area contributed by atoms with E-state index in [2.05, 4.69) is 9.72 Å². The number of methoxy groups -OCH3 is 1. The quantitative estimate of drug-likeness (QED) is 0.942. The number of nitrogens with zero attached hydrogens (tertiary/aromatic N) is 1. The van der Waals surface area contributed by atoms with Crippen molar-refractivity contribution in [2.24, 2.45) is 0 Å². The number of alkyl halides is 3. The zero-order valence-corrected chi connectivity index (χ0v) is 11.0. The summed E-state index contributed by atoms with van der Waals surface area (Å²) < 4.78 is 45.0. The van der Waals surface area contributed by atoms with Crippen molar-refractivity contribution in [2.75, 3.05) is 7.11 Å². The molecule has 4 nitrogen and oxygen atoms in total. The molecule has 0 aliphatic carbocycles. The number of benzene rings is 1. The van der Waals surface area contributed by atoms with Crippen LogP contribution in [0.15, 0.2) is 36.5 Å². The molecule has 0 saturated carbocycles. The molecule has 2 rings (SSSR count). The minimum absolute atomic E-state index is 0.251. The van der Waals surface area contributed by atoms with Crippen molar-refractivity contribution in [1.29, 1.82) is 0 Å². The van der Waals surface area contributed by atoms with Gasteiger partial charge >= 0.3 is 6.36 Å². The second-order valence-corrected chi connectivity index (χ2v) is 4.12. The van der Waals surface area contributed by atoms with Gasteiger partial charge in [-0.2, -0.15) is 0 Å². The third kappa shape index (κ3) is 3.85. The predicted octanol–water partition coefficient (Wildman–Crippen LogP) is 3.15. The van der Waals surface area contributed by atoms with Gasteiger partial charge in [-0.05, 0) is 23.8 Å². The van der Waals surface area contributed by atoms with Crippen LogP contribution in [-0.2, 0) is 6.61 Å². The van der Waals surface area contributed by atoms with Gasteiger partial charge in [-0.1, -0.05) is 12.1 Å². The number of aliphatic hydroxyl groups excluding tert-OH is 1. The summed E-state index contributed by atoms with van der Waals surface area (Å²) in [6, 6.07) is 7.04. The Morgan fingerprint density at radius 3 is 2.33 bits per heavy atom. The molecule has 2 aromatic rings. The Morgan fingerprint density at radius 1 is 1.14 bits per heavy atom. The zero-order valence-electron chi connectivity index (χ0n) is 11.0. The predicted molar refractivity (Wildman–Crippen MR) is 68.8 cm³/mol. The molecule has 0 saturated heterocycles. The fourth-order valence-electron chi connectivity index (χ4n) is 1.80.